The third-order valence-electron chi connectivity index (χ3n) is 2.74. The second-order valence-electron chi connectivity index (χ2n) is 4.24. The Morgan fingerprint density at radius 1 is 1.25 bits per heavy atom. The Bertz CT molecular complexity index is 220. The number of hydrogen-bond donors (Lipinski definition) is 0. The van der Waals surface area contributed by atoms with Crippen LogP contribution in [0.15, 0.2) is 36.5 Å². The van der Waals surface area contributed by atoms with Crippen molar-refractivity contribution in [2.24, 2.45) is 5.41 Å². The Balaban J connectivity index is 0. The average Bonchev–Trinajstić information content (AvgIpc) is 2.32. The highest BCUT2D eigenvalue weighted by Gasteiger charge is 2.17. The molecule has 0 heteroatoms. The van der Waals surface area contributed by atoms with Gasteiger partial charge in [0.25, 0.3) is 0 Å². The first-order valence-electron chi connectivity index (χ1n) is 6.54. The number of hydrogen-bond acceptors (Lipinski definition) is 0. The lowest BCUT2D eigenvalue weighted by molar-refractivity contribution is 0.408. The molecule has 0 amide bonds. The minimum absolute atomic E-state index is 0.265. The standard InChI is InChI=1S/C14H24.C2H6/c1-6-9-10-11-13(4)12-14(5,7-2)8-3;1-2/h7,9-11H,2,6,8,12H2,1,3-5H3;1-2H3/b10-9-,13-11+;. The molecule has 0 aromatic rings. The van der Waals surface area contributed by atoms with Crippen molar-refractivity contribution in [3.05, 3.63) is 36.5 Å². The van der Waals surface area contributed by atoms with Gasteiger partial charge in [-0.05, 0) is 31.6 Å². The zero-order valence-corrected chi connectivity index (χ0v) is 12.1. The summed E-state index contributed by atoms with van der Waals surface area (Å²) in [6, 6.07) is 0. The molecule has 0 aliphatic carbocycles. The molecule has 1 atom stereocenters. The van der Waals surface area contributed by atoms with Crippen molar-refractivity contribution in [2.75, 3.05) is 0 Å². The predicted molar refractivity (Wildman–Crippen MR) is 77.7 cm³/mol. The molecule has 0 bridgehead atoms. The SMILES string of the molecule is C=CC(C)(CC)C/C(C)=C/C=C\CC.CC. The van der Waals surface area contributed by atoms with Crippen LogP contribution in [0.25, 0.3) is 0 Å². The predicted octanol–water partition coefficient (Wildman–Crippen LogP) is 5.92. The molecule has 0 radical (unpaired) electrons. The van der Waals surface area contributed by atoms with E-state index in [1.54, 1.807) is 0 Å². The van der Waals surface area contributed by atoms with Gasteiger partial charge in [-0.1, -0.05) is 64.5 Å². The summed E-state index contributed by atoms with van der Waals surface area (Å²) < 4.78 is 0. The molecule has 0 rings (SSSR count). The zero-order valence-electron chi connectivity index (χ0n) is 12.1. The molecule has 0 aliphatic heterocycles. The van der Waals surface area contributed by atoms with E-state index in [4.69, 9.17) is 0 Å². The first-order valence-corrected chi connectivity index (χ1v) is 6.54. The zero-order chi connectivity index (χ0) is 13.0. The van der Waals surface area contributed by atoms with Crippen LogP contribution in [0.1, 0.15) is 60.8 Å². The van der Waals surface area contributed by atoms with Crippen LogP contribution >= 0.6 is 0 Å². The molecular formula is C16H30. The van der Waals surface area contributed by atoms with E-state index >= 15 is 0 Å². The molecule has 0 aromatic heterocycles. The summed E-state index contributed by atoms with van der Waals surface area (Å²) in [4.78, 5) is 0. The first kappa shape index (κ1) is 17.6. The molecule has 0 heterocycles. The summed E-state index contributed by atoms with van der Waals surface area (Å²) >= 11 is 0. The van der Waals surface area contributed by atoms with Crippen molar-refractivity contribution in [3.8, 4) is 0 Å². The molecule has 16 heavy (non-hydrogen) atoms. The summed E-state index contributed by atoms with van der Waals surface area (Å²) in [5, 5.41) is 0. The van der Waals surface area contributed by atoms with E-state index in [1.807, 2.05) is 13.8 Å². The second kappa shape index (κ2) is 10.7. The van der Waals surface area contributed by atoms with E-state index in [0.29, 0.717) is 0 Å². The van der Waals surface area contributed by atoms with E-state index in [2.05, 4.69) is 58.6 Å². The Kier molecular flexibility index (Phi) is 11.8. The summed E-state index contributed by atoms with van der Waals surface area (Å²) in [5.41, 5.74) is 1.69. The van der Waals surface area contributed by atoms with Gasteiger partial charge < -0.3 is 0 Å². The van der Waals surface area contributed by atoms with Crippen LogP contribution in [0.4, 0.5) is 0 Å². The minimum Gasteiger partial charge on any atom is -0.103 e. The van der Waals surface area contributed by atoms with Crippen LogP contribution in [-0.4, -0.2) is 0 Å². The molecule has 0 N–H and O–H groups in total. The number of rotatable bonds is 6. The van der Waals surface area contributed by atoms with E-state index in [9.17, 15) is 0 Å². The van der Waals surface area contributed by atoms with Crippen molar-refractivity contribution >= 4 is 0 Å². The van der Waals surface area contributed by atoms with Gasteiger partial charge >= 0.3 is 0 Å². The quantitative estimate of drug-likeness (QED) is 0.386. The van der Waals surface area contributed by atoms with Gasteiger partial charge in [-0.2, -0.15) is 0 Å². The summed E-state index contributed by atoms with van der Waals surface area (Å²) in [5.74, 6) is 0. The fourth-order valence-electron chi connectivity index (χ4n) is 1.41. The van der Waals surface area contributed by atoms with Crippen molar-refractivity contribution in [2.45, 2.75) is 60.8 Å². The second-order valence-corrected chi connectivity index (χ2v) is 4.24. The molecule has 0 aromatic carbocycles. The van der Waals surface area contributed by atoms with Crippen LogP contribution in [0.5, 0.6) is 0 Å². The highest BCUT2D eigenvalue weighted by molar-refractivity contribution is 5.13. The highest BCUT2D eigenvalue weighted by Crippen LogP contribution is 2.30. The van der Waals surface area contributed by atoms with Gasteiger partial charge in [-0.3, -0.25) is 0 Å². The molecule has 0 spiro atoms. The van der Waals surface area contributed by atoms with E-state index in [0.717, 1.165) is 19.3 Å². The number of allylic oxidation sites excluding steroid dienone is 5. The van der Waals surface area contributed by atoms with Crippen molar-refractivity contribution in [1.82, 2.24) is 0 Å². The Morgan fingerprint density at radius 2 is 1.81 bits per heavy atom. The van der Waals surface area contributed by atoms with E-state index < -0.39 is 0 Å². The van der Waals surface area contributed by atoms with Gasteiger partial charge in [0.2, 0.25) is 0 Å². The molecular weight excluding hydrogens is 192 g/mol. The monoisotopic (exact) mass is 222 g/mol. The average molecular weight is 222 g/mol. The normalized spacial score (nSPS) is 15.2. The molecule has 0 saturated carbocycles. The third-order valence-corrected chi connectivity index (χ3v) is 2.74. The van der Waals surface area contributed by atoms with Crippen LogP contribution in [0, 0.1) is 5.41 Å². The van der Waals surface area contributed by atoms with Crippen LogP contribution in [-0.2, 0) is 0 Å². The van der Waals surface area contributed by atoms with Crippen molar-refractivity contribution in [3.63, 3.8) is 0 Å². The third kappa shape index (κ3) is 8.52. The molecule has 0 saturated heterocycles. The van der Waals surface area contributed by atoms with E-state index in [1.165, 1.54) is 5.57 Å². The smallest absolute Gasteiger partial charge is 0.0115 e. The fraction of sp³-hybridized carbons (Fsp3) is 0.625. The summed E-state index contributed by atoms with van der Waals surface area (Å²) in [6.45, 7) is 16.7. The topological polar surface area (TPSA) is 0 Å². The lowest BCUT2D eigenvalue weighted by atomic mass is 9.81. The van der Waals surface area contributed by atoms with Crippen molar-refractivity contribution < 1.29 is 0 Å². The van der Waals surface area contributed by atoms with Gasteiger partial charge in [0.1, 0.15) is 0 Å². The maximum Gasteiger partial charge on any atom is -0.0115 e. The fourth-order valence-corrected chi connectivity index (χ4v) is 1.41. The molecule has 0 nitrogen and oxygen atoms in total. The molecule has 0 fully saturated rings. The maximum atomic E-state index is 3.91. The van der Waals surface area contributed by atoms with Crippen molar-refractivity contribution in [1.29, 1.82) is 0 Å². The Labute approximate surface area is 103 Å². The lowest BCUT2D eigenvalue weighted by Gasteiger charge is -2.24. The van der Waals surface area contributed by atoms with Gasteiger partial charge in [-0.25, -0.2) is 0 Å². The van der Waals surface area contributed by atoms with Crippen LogP contribution < -0.4 is 0 Å². The highest BCUT2D eigenvalue weighted by atomic mass is 14.2. The summed E-state index contributed by atoms with van der Waals surface area (Å²) in [7, 11) is 0. The van der Waals surface area contributed by atoms with Gasteiger partial charge in [0, 0.05) is 0 Å². The minimum atomic E-state index is 0.265. The Hall–Kier alpha value is -0.780. The van der Waals surface area contributed by atoms with Gasteiger partial charge in [0.05, 0.1) is 0 Å². The lowest BCUT2D eigenvalue weighted by Crippen LogP contribution is -2.11. The Morgan fingerprint density at radius 3 is 2.19 bits per heavy atom. The summed E-state index contributed by atoms with van der Waals surface area (Å²) in [6.07, 6.45) is 12.0. The maximum absolute atomic E-state index is 3.91. The van der Waals surface area contributed by atoms with Gasteiger partial charge in [0.15, 0.2) is 0 Å². The van der Waals surface area contributed by atoms with Crippen LogP contribution in [0.3, 0.4) is 0 Å². The molecule has 0 aliphatic rings. The van der Waals surface area contributed by atoms with Gasteiger partial charge in [-0.15, -0.1) is 6.58 Å². The molecule has 94 valence electrons. The first-order chi connectivity index (χ1) is 7.58. The largest absolute Gasteiger partial charge is 0.103 e. The van der Waals surface area contributed by atoms with E-state index in [-0.39, 0.29) is 5.41 Å². The molecule has 1 unspecified atom stereocenters. The van der Waals surface area contributed by atoms with Crippen LogP contribution in [0.2, 0.25) is 0 Å².